The molecule has 1 heterocycles. The summed E-state index contributed by atoms with van der Waals surface area (Å²) in [6, 6.07) is 9.22. The van der Waals surface area contributed by atoms with E-state index in [1.807, 2.05) is 30.3 Å². The molecule has 2 rings (SSSR count). The van der Waals surface area contributed by atoms with Crippen LogP contribution >= 0.6 is 0 Å². The van der Waals surface area contributed by atoms with Gasteiger partial charge in [0, 0.05) is 18.7 Å². The summed E-state index contributed by atoms with van der Waals surface area (Å²) in [5.41, 5.74) is -0.535. The Balaban J connectivity index is 2.37. The maximum Gasteiger partial charge on any atom is 0.319 e. The number of hydrogen-bond donors (Lipinski definition) is 1. The summed E-state index contributed by atoms with van der Waals surface area (Å²) < 4.78 is 0. The first-order valence-corrected chi connectivity index (χ1v) is 5.29. The van der Waals surface area contributed by atoms with Crippen LogP contribution in [0.5, 0.6) is 0 Å². The van der Waals surface area contributed by atoms with Crippen LogP contribution in [0.3, 0.4) is 0 Å². The van der Waals surface area contributed by atoms with Gasteiger partial charge in [-0.25, -0.2) is 0 Å². The predicted molar refractivity (Wildman–Crippen MR) is 59.8 cm³/mol. The van der Waals surface area contributed by atoms with E-state index in [1.54, 1.807) is 4.90 Å². The predicted octanol–water partition coefficient (Wildman–Crippen LogP) is 1.25. The van der Waals surface area contributed by atoms with E-state index in [9.17, 15) is 15.2 Å². The van der Waals surface area contributed by atoms with Crippen molar-refractivity contribution in [3.8, 4) is 0 Å². The van der Waals surface area contributed by atoms with Crippen molar-refractivity contribution in [2.24, 2.45) is 0 Å². The monoisotopic (exact) mass is 222 g/mol. The second kappa shape index (κ2) is 4.09. The molecule has 1 aromatic carbocycles. The van der Waals surface area contributed by atoms with E-state index in [0.717, 1.165) is 12.1 Å². The standard InChI is InChI=1S/C11H14N2O3/c14-9-11(13(15)16)7-4-8-12(11)10-5-2-1-3-6-10/h1-3,5-6,14H,4,7-9H2/t11-/m1/s1. The number of rotatable bonds is 3. The van der Waals surface area contributed by atoms with Gasteiger partial charge in [-0.2, -0.15) is 0 Å². The average Bonchev–Trinajstić information content (AvgIpc) is 2.75. The van der Waals surface area contributed by atoms with E-state index in [1.165, 1.54) is 0 Å². The smallest absolute Gasteiger partial charge is 0.319 e. The highest BCUT2D eigenvalue weighted by Gasteiger charge is 2.51. The summed E-state index contributed by atoms with van der Waals surface area (Å²) in [6.07, 6.45) is 1.13. The van der Waals surface area contributed by atoms with E-state index >= 15 is 0 Å². The van der Waals surface area contributed by atoms with Crippen molar-refractivity contribution < 1.29 is 10.0 Å². The second-order valence-electron chi connectivity index (χ2n) is 3.99. The molecule has 1 aliphatic heterocycles. The van der Waals surface area contributed by atoms with Crippen molar-refractivity contribution in [2.45, 2.75) is 18.5 Å². The lowest BCUT2D eigenvalue weighted by Gasteiger charge is -2.30. The highest BCUT2D eigenvalue weighted by Crippen LogP contribution is 2.34. The highest BCUT2D eigenvalue weighted by atomic mass is 16.6. The zero-order valence-corrected chi connectivity index (χ0v) is 8.87. The number of nitrogens with zero attached hydrogens (tertiary/aromatic N) is 2. The first-order chi connectivity index (χ1) is 7.70. The molecule has 0 aromatic heterocycles. The van der Waals surface area contributed by atoms with Crippen LogP contribution < -0.4 is 4.90 Å². The number of para-hydroxylation sites is 1. The third-order valence-electron chi connectivity index (χ3n) is 3.12. The van der Waals surface area contributed by atoms with E-state index < -0.39 is 12.3 Å². The Morgan fingerprint density at radius 3 is 2.69 bits per heavy atom. The van der Waals surface area contributed by atoms with Gasteiger partial charge in [-0.05, 0) is 18.6 Å². The molecule has 16 heavy (non-hydrogen) atoms. The topological polar surface area (TPSA) is 66.6 Å². The lowest BCUT2D eigenvalue weighted by Crippen LogP contribution is -2.53. The fraction of sp³-hybridized carbons (Fsp3) is 0.455. The average molecular weight is 222 g/mol. The summed E-state index contributed by atoms with van der Waals surface area (Å²) in [4.78, 5) is 12.5. The summed E-state index contributed by atoms with van der Waals surface area (Å²) in [7, 11) is 0. The second-order valence-corrected chi connectivity index (χ2v) is 3.99. The van der Waals surface area contributed by atoms with Crippen LogP contribution in [0, 0.1) is 10.1 Å². The lowest BCUT2D eigenvalue weighted by molar-refractivity contribution is -0.570. The number of aliphatic hydroxyl groups excluding tert-OH is 1. The quantitative estimate of drug-likeness (QED) is 0.617. The van der Waals surface area contributed by atoms with Gasteiger partial charge in [0.25, 0.3) is 0 Å². The van der Waals surface area contributed by atoms with E-state index in [0.29, 0.717) is 13.0 Å². The number of aliphatic hydroxyl groups is 1. The van der Waals surface area contributed by atoms with Crippen molar-refractivity contribution in [1.29, 1.82) is 0 Å². The summed E-state index contributed by atoms with van der Waals surface area (Å²) in [5, 5.41) is 20.5. The van der Waals surface area contributed by atoms with Gasteiger partial charge >= 0.3 is 5.66 Å². The third-order valence-corrected chi connectivity index (χ3v) is 3.12. The van der Waals surface area contributed by atoms with Gasteiger partial charge in [-0.1, -0.05) is 18.2 Å². The minimum Gasteiger partial charge on any atom is -0.387 e. The van der Waals surface area contributed by atoms with Crippen molar-refractivity contribution in [2.75, 3.05) is 18.1 Å². The molecule has 0 spiro atoms. The SMILES string of the molecule is O=[N+]([O-])[C@@]1(CO)CCCN1c1ccccc1. The first kappa shape index (κ1) is 10.9. The highest BCUT2D eigenvalue weighted by molar-refractivity contribution is 5.49. The molecule has 0 radical (unpaired) electrons. The van der Waals surface area contributed by atoms with Crippen LogP contribution in [0.15, 0.2) is 30.3 Å². The molecule has 0 saturated carbocycles. The molecule has 0 amide bonds. The molecule has 0 unspecified atom stereocenters. The van der Waals surface area contributed by atoms with Gasteiger partial charge in [0.1, 0.15) is 6.61 Å². The summed E-state index contributed by atoms with van der Waals surface area (Å²) in [6.45, 7) is 0.167. The molecule has 86 valence electrons. The Morgan fingerprint density at radius 1 is 1.44 bits per heavy atom. The van der Waals surface area contributed by atoms with E-state index in [4.69, 9.17) is 0 Å². The van der Waals surface area contributed by atoms with E-state index in [2.05, 4.69) is 0 Å². The molecular weight excluding hydrogens is 208 g/mol. The Labute approximate surface area is 93.5 Å². The lowest BCUT2D eigenvalue weighted by atomic mass is 10.1. The van der Waals surface area contributed by atoms with Crippen LogP contribution in [0.4, 0.5) is 5.69 Å². The van der Waals surface area contributed by atoms with Crippen molar-refractivity contribution in [1.82, 2.24) is 0 Å². The molecule has 1 fully saturated rings. The third kappa shape index (κ3) is 1.53. The molecule has 5 nitrogen and oxygen atoms in total. The van der Waals surface area contributed by atoms with Crippen LogP contribution in [-0.2, 0) is 0 Å². The fourth-order valence-corrected chi connectivity index (χ4v) is 2.25. The normalized spacial score (nSPS) is 24.7. The van der Waals surface area contributed by atoms with Crippen molar-refractivity contribution in [3.05, 3.63) is 40.4 Å². The van der Waals surface area contributed by atoms with Crippen LogP contribution in [0.1, 0.15) is 12.8 Å². The molecule has 1 N–H and O–H groups in total. The maximum atomic E-state index is 11.1. The number of anilines is 1. The van der Waals surface area contributed by atoms with E-state index in [-0.39, 0.29) is 4.92 Å². The Morgan fingerprint density at radius 2 is 2.12 bits per heavy atom. The molecule has 5 heteroatoms. The van der Waals surface area contributed by atoms with Gasteiger partial charge in [0.15, 0.2) is 0 Å². The Bertz CT molecular complexity index is 382. The van der Waals surface area contributed by atoms with Gasteiger partial charge < -0.3 is 10.0 Å². The van der Waals surface area contributed by atoms with Gasteiger partial charge in [-0.15, -0.1) is 0 Å². The minimum absolute atomic E-state index is 0.368. The zero-order chi connectivity index (χ0) is 11.6. The van der Waals surface area contributed by atoms with Crippen molar-refractivity contribution >= 4 is 5.69 Å². The van der Waals surface area contributed by atoms with Crippen molar-refractivity contribution in [3.63, 3.8) is 0 Å². The Hall–Kier alpha value is -1.62. The molecule has 1 atom stereocenters. The minimum atomic E-state index is -1.33. The largest absolute Gasteiger partial charge is 0.387 e. The first-order valence-electron chi connectivity index (χ1n) is 5.29. The number of benzene rings is 1. The van der Waals surface area contributed by atoms with Crippen LogP contribution in [0.25, 0.3) is 0 Å². The van der Waals surface area contributed by atoms with Crippen LogP contribution in [-0.4, -0.2) is 28.8 Å². The molecule has 1 aliphatic rings. The van der Waals surface area contributed by atoms with Gasteiger partial charge in [0.2, 0.25) is 0 Å². The van der Waals surface area contributed by atoms with Gasteiger partial charge in [-0.3, -0.25) is 10.1 Å². The summed E-state index contributed by atoms with van der Waals surface area (Å²) in [5.74, 6) is 0. The molecule has 1 saturated heterocycles. The Kier molecular flexibility index (Phi) is 2.78. The molecule has 0 aliphatic carbocycles. The summed E-state index contributed by atoms with van der Waals surface area (Å²) >= 11 is 0. The van der Waals surface area contributed by atoms with Gasteiger partial charge in [0.05, 0.1) is 4.92 Å². The number of hydrogen-bond acceptors (Lipinski definition) is 4. The number of nitro groups is 1. The molecular formula is C11H14N2O3. The molecule has 0 bridgehead atoms. The maximum absolute atomic E-state index is 11.1. The van der Waals surface area contributed by atoms with Crippen LogP contribution in [0.2, 0.25) is 0 Å². The molecule has 1 aromatic rings. The fourth-order valence-electron chi connectivity index (χ4n) is 2.25. The zero-order valence-electron chi connectivity index (χ0n) is 8.87.